The Morgan fingerprint density at radius 1 is 1.06 bits per heavy atom. The molecule has 2 amide bonds. The average Bonchev–Trinajstić information content (AvgIpc) is 3.71. The monoisotopic (exact) mass is 466 g/mol. The summed E-state index contributed by atoms with van der Waals surface area (Å²) in [5, 5.41) is 0. The quantitative estimate of drug-likeness (QED) is 0.672. The smallest absolute Gasteiger partial charge is 0.425 e. The largest absolute Gasteiger partial charge is 0.437 e. The Morgan fingerprint density at radius 3 is 2.24 bits per heavy atom. The van der Waals surface area contributed by atoms with Gasteiger partial charge in [-0.2, -0.15) is 13.2 Å². The van der Waals surface area contributed by atoms with Crippen LogP contribution in [0.2, 0.25) is 0 Å². The molecule has 33 heavy (non-hydrogen) atoms. The standard InChI is InChI=1S/C23H29F3N4O3/c1-15(23(24,25)26)33-20(32)29-11-8-21(9-12-29)5-2-10-30(21)19(31)22(6-7-22)17-13-27-18(28-14-17)16-3-4-16/h13-16H,2-12H2,1H3. The Balaban J connectivity index is 1.25. The van der Waals surface area contributed by atoms with Gasteiger partial charge in [-0.05, 0) is 58.3 Å². The van der Waals surface area contributed by atoms with Gasteiger partial charge in [-0.3, -0.25) is 4.79 Å². The summed E-state index contributed by atoms with van der Waals surface area (Å²) in [6.45, 7) is 2.05. The lowest BCUT2D eigenvalue weighted by Crippen LogP contribution is -2.57. The number of likely N-dealkylation sites (tertiary alicyclic amines) is 2. The molecule has 4 aliphatic rings. The highest BCUT2D eigenvalue weighted by Gasteiger charge is 2.58. The molecule has 2 aliphatic heterocycles. The summed E-state index contributed by atoms with van der Waals surface area (Å²) < 4.78 is 42.8. The van der Waals surface area contributed by atoms with Gasteiger partial charge in [0.1, 0.15) is 5.82 Å². The van der Waals surface area contributed by atoms with Crippen LogP contribution in [-0.2, 0) is 14.9 Å². The van der Waals surface area contributed by atoms with Crippen molar-refractivity contribution >= 4 is 12.0 Å². The zero-order valence-corrected chi connectivity index (χ0v) is 18.7. The molecule has 0 radical (unpaired) electrons. The lowest BCUT2D eigenvalue weighted by molar-refractivity contribution is -0.200. The summed E-state index contributed by atoms with van der Waals surface area (Å²) in [7, 11) is 0. The molecule has 10 heteroatoms. The lowest BCUT2D eigenvalue weighted by atomic mass is 9.83. The number of hydrogen-bond donors (Lipinski definition) is 0. The van der Waals surface area contributed by atoms with Crippen LogP contribution in [0.25, 0.3) is 0 Å². The molecule has 1 atom stereocenters. The Hall–Kier alpha value is -2.39. The Morgan fingerprint density at radius 2 is 1.70 bits per heavy atom. The van der Waals surface area contributed by atoms with Crippen molar-refractivity contribution in [2.24, 2.45) is 0 Å². The van der Waals surface area contributed by atoms with E-state index >= 15 is 0 Å². The van der Waals surface area contributed by atoms with E-state index in [1.54, 1.807) is 0 Å². The number of rotatable bonds is 4. The molecule has 2 aliphatic carbocycles. The van der Waals surface area contributed by atoms with E-state index in [1.807, 2.05) is 17.3 Å². The lowest BCUT2D eigenvalue weighted by Gasteiger charge is -2.45. The first kappa shape index (κ1) is 22.4. The SMILES string of the molecule is CC(OC(=O)N1CCC2(CCCN2C(=O)C2(c3cnc(C4CC4)nc3)CC2)CC1)C(F)(F)F. The minimum Gasteiger partial charge on any atom is -0.437 e. The van der Waals surface area contributed by atoms with Crippen LogP contribution in [0.3, 0.4) is 0 Å². The molecule has 0 bridgehead atoms. The van der Waals surface area contributed by atoms with Crippen molar-refractivity contribution in [2.75, 3.05) is 19.6 Å². The van der Waals surface area contributed by atoms with Crippen LogP contribution < -0.4 is 0 Å². The van der Waals surface area contributed by atoms with E-state index in [0.717, 1.165) is 56.8 Å². The first-order valence-electron chi connectivity index (χ1n) is 11.8. The van der Waals surface area contributed by atoms with Crippen LogP contribution in [-0.4, -0.2) is 69.2 Å². The Kier molecular flexibility index (Phi) is 5.32. The van der Waals surface area contributed by atoms with E-state index in [1.165, 1.54) is 4.90 Å². The van der Waals surface area contributed by atoms with E-state index in [9.17, 15) is 22.8 Å². The maximum atomic E-state index is 13.7. The van der Waals surface area contributed by atoms with Crippen LogP contribution in [0.1, 0.15) is 75.6 Å². The summed E-state index contributed by atoms with van der Waals surface area (Å²) in [5.41, 5.74) is -0.0352. The second kappa shape index (κ2) is 7.84. The highest BCUT2D eigenvalue weighted by Crippen LogP contribution is 2.52. The number of nitrogens with zero attached hydrogens (tertiary/aromatic N) is 4. The topological polar surface area (TPSA) is 75.6 Å². The van der Waals surface area contributed by atoms with Crippen molar-refractivity contribution in [3.63, 3.8) is 0 Å². The van der Waals surface area contributed by atoms with Gasteiger partial charge in [0.15, 0.2) is 6.10 Å². The summed E-state index contributed by atoms with van der Waals surface area (Å²) in [6, 6.07) is 0. The average molecular weight is 467 g/mol. The number of aromatic nitrogens is 2. The van der Waals surface area contributed by atoms with Crippen LogP contribution in [0.5, 0.6) is 0 Å². The first-order valence-corrected chi connectivity index (χ1v) is 11.8. The van der Waals surface area contributed by atoms with Crippen molar-refractivity contribution in [2.45, 2.75) is 87.4 Å². The zero-order valence-electron chi connectivity index (χ0n) is 18.7. The molecule has 7 nitrogen and oxygen atoms in total. The second-order valence-corrected chi connectivity index (χ2v) is 10.0. The van der Waals surface area contributed by atoms with E-state index in [4.69, 9.17) is 0 Å². The van der Waals surface area contributed by atoms with E-state index < -0.39 is 23.8 Å². The Bertz CT molecular complexity index is 920. The molecule has 1 unspecified atom stereocenters. The fraction of sp³-hybridized carbons (Fsp3) is 0.739. The molecular formula is C23H29F3N4O3. The van der Waals surface area contributed by atoms with E-state index in [2.05, 4.69) is 14.7 Å². The van der Waals surface area contributed by atoms with E-state index in [0.29, 0.717) is 25.3 Å². The third-order valence-electron chi connectivity index (χ3n) is 7.86. The second-order valence-electron chi connectivity index (χ2n) is 10.0. The van der Waals surface area contributed by atoms with Gasteiger partial charge in [0.25, 0.3) is 0 Å². The van der Waals surface area contributed by atoms with Crippen LogP contribution >= 0.6 is 0 Å². The molecule has 2 saturated heterocycles. The minimum atomic E-state index is -4.58. The highest BCUT2D eigenvalue weighted by atomic mass is 19.4. The molecule has 180 valence electrons. The highest BCUT2D eigenvalue weighted by molar-refractivity contribution is 5.92. The number of carbonyl (C=O) groups excluding carboxylic acids is 2. The molecule has 4 fully saturated rings. The van der Waals surface area contributed by atoms with E-state index in [-0.39, 0.29) is 24.5 Å². The maximum Gasteiger partial charge on any atom is 0.425 e. The van der Waals surface area contributed by atoms with Crippen molar-refractivity contribution in [3.05, 3.63) is 23.8 Å². The fourth-order valence-electron chi connectivity index (χ4n) is 5.32. The van der Waals surface area contributed by atoms with Crippen LogP contribution in [0, 0.1) is 0 Å². The summed E-state index contributed by atoms with van der Waals surface area (Å²) in [6.07, 6.45) is 2.57. The van der Waals surface area contributed by atoms with Gasteiger partial charge in [0, 0.05) is 49.0 Å². The summed E-state index contributed by atoms with van der Waals surface area (Å²) >= 11 is 0. The normalized spacial score (nSPS) is 24.6. The molecule has 1 spiro atoms. The van der Waals surface area contributed by atoms with Gasteiger partial charge < -0.3 is 14.5 Å². The van der Waals surface area contributed by atoms with Gasteiger partial charge in [0.05, 0.1) is 5.41 Å². The van der Waals surface area contributed by atoms with Gasteiger partial charge in [-0.15, -0.1) is 0 Å². The molecular weight excluding hydrogens is 437 g/mol. The molecule has 1 aromatic heterocycles. The van der Waals surface area contributed by atoms with Gasteiger partial charge >= 0.3 is 12.3 Å². The van der Waals surface area contributed by atoms with Crippen LogP contribution in [0.15, 0.2) is 12.4 Å². The van der Waals surface area contributed by atoms with Crippen LogP contribution in [0.4, 0.5) is 18.0 Å². The summed E-state index contributed by atoms with van der Waals surface area (Å²) in [5.74, 6) is 1.42. The zero-order chi connectivity index (χ0) is 23.4. The number of carbonyl (C=O) groups is 2. The molecule has 1 aromatic rings. The van der Waals surface area contributed by atoms with Crippen molar-refractivity contribution in [1.82, 2.24) is 19.8 Å². The number of piperidine rings is 1. The Labute approximate surface area is 190 Å². The minimum absolute atomic E-state index is 0.101. The number of halogens is 3. The summed E-state index contributed by atoms with van der Waals surface area (Å²) in [4.78, 5) is 38.3. The number of ether oxygens (including phenoxy) is 1. The van der Waals surface area contributed by atoms with Crippen molar-refractivity contribution in [1.29, 1.82) is 0 Å². The van der Waals surface area contributed by atoms with Gasteiger partial charge in [-0.25, -0.2) is 14.8 Å². The number of hydrogen-bond acceptors (Lipinski definition) is 5. The number of amides is 2. The maximum absolute atomic E-state index is 13.7. The molecule has 0 aromatic carbocycles. The third kappa shape index (κ3) is 4.05. The van der Waals surface area contributed by atoms with Crippen molar-refractivity contribution < 1.29 is 27.5 Å². The first-order chi connectivity index (χ1) is 15.6. The fourth-order valence-corrected chi connectivity index (χ4v) is 5.32. The molecule has 5 rings (SSSR count). The predicted molar refractivity (Wildman–Crippen MR) is 111 cm³/mol. The molecule has 3 heterocycles. The predicted octanol–water partition coefficient (Wildman–Crippen LogP) is 3.93. The van der Waals surface area contributed by atoms with Gasteiger partial charge in [-0.1, -0.05) is 0 Å². The van der Waals surface area contributed by atoms with Gasteiger partial charge in [0.2, 0.25) is 5.91 Å². The molecule has 0 N–H and O–H groups in total. The van der Waals surface area contributed by atoms with Crippen molar-refractivity contribution in [3.8, 4) is 0 Å². The third-order valence-corrected chi connectivity index (χ3v) is 7.86. The molecule has 2 saturated carbocycles. The number of alkyl halides is 3.